The molecule has 2 atom stereocenters. The maximum Gasteiger partial charge on any atom is 0.258 e. The molecule has 116 valence electrons. The van der Waals surface area contributed by atoms with E-state index in [-0.39, 0.29) is 18.6 Å². The zero-order chi connectivity index (χ0) is 15.4. The van der Waals surface area contributed by atoms with Gasteiger partial charge in [-0.15, -0.1) is 0 Å². The lowest BCUT2D eigenvalue weighted by Gasteiger charge is -2.29. The van der Waals surface area contributed by atoms with E-state index in [0.29, 0.717) is 11.8 Å². The molecule has 1 amide bonds. The van der Waals surface area contributed by atoms with Crippen LogP contribution in [0.25, 0.3) is 10.9 Å². The molecule has 3 rings (SSSR count). The van der Waals surface area contributed by atoms with Gasteiger partial charge < -0.3 is 10.1 Å². The first-order valence-electron chi connectivity index (χ1n) is 7.86. The Balaban J connectivity index is 1.60. The second-order valence-electron chi connectivity index (χ2n) is 5.92. The van der Waals surface area contributed by atoms with E-state index in [1.54, 1.807) is 0 Å². The molecule has 1 heterocycles. The Kier molecular flexibility index (Phi) is 4.51. The number of carbonyl (C=O) groups is 1. The number of fused-ring (bicyclic) bond motifs is 1. The summed E-state index contributed by atoms with van der Waals surface area (Å²) in [5, 5.41) is 3.90. The van der Waals surface area contributed by atoms with Crippen molar-refractivity contribution in [1.29, 1.82) is 0 Å². The van der Waals surface area contributed by atoms with Crippen LogP contribution in [0.3, 0.4) is 0 Å². The van der Waals surface area contributed by atoms with Crippen LogP contribution in [0.4, 0.5) is 0 Å². The van der Waals surface area contributed by atoms with Gasteiger partial charge in [0.2, 0.25) is 5.88 Å². The summed E-state index contributed by atoms with van der Waals surface area (Å²) in [6.45, 7) is 2.19. The van der Waals surface area contributed by atoms with Crippen LogP contribution < -0.4 is 10.1 Å². The molecule has 1 N–H and O–H groups in total. The highest BCUT2D eigenvalue weighted by Gasteiger charge is 2.22. The minimum Gasteiger partial charge on any atom is -0.467 e. The highest BCUT2D eigenvalue weighted by Crippen LogP contribution is 2.24. The van der Waals surface area contributed by atoms with E-state index in [2.05, 4.69) is 22.2 Å². The summed E-state index contributed by atoms with van der Waals surface area (Å²) >= 11 is 0. The molecule has 1 saturated carbocycles. The minimum atomic E-state index is -0.0820. The number of para-hydroxylation sites is 1. The van der Waals surface area contributed by atoms with Crippen molar-refractivity contribution in [3.05, 3.63) is 30.6 Å². The minimum absolute atomic E-state index is 0.00969. The number of ether oxygens (including phenoxy) is 1. The summed E-state index contributed by atoms with van der Waals surface area (Å²) in [5.41, 5.74) is 0.814. The number of nitrogens with zero attached hydrogens (tertiary/aromatic N) is 2. The Morgan fingerprint density at radius 2 is 2.09 bits per heavy atom. The second kappa shape index (κ2) is 6.73. The maximum atomic E-state index is 12.1. The van der Waals surface area contributed by atoms with Crippen molar-refractivity contribution in [3.8, 4) is 5.88 Å². The molecule has 5 heteroatoms. The van der Waals surface area contributed by atoms with Gasteiger partial charge in [-0.25, -0.2) is 9.97 Å². The lowest BCUT2D eigenvalue weighted by atomic mass is 9.86. The molecule has 1 aromatic heterocycles. The van der Waals surface area contributed by atoms with Crippen molar-refractivity contribution >= 4 is 16.8 Å². The summed E-state index contributed by atoms with van der Waals surface area (Å²) in [6, 6.07) is 7.88. The lowest BCUT2D eigenvalue weighted by Crippen LogP contribution is -2.43. The topological polar surface area (TPSA) is 64.1 Å². The summed E-state index contributed by atoms with van der Waals surface area (Å²) in [6.07, 6.45) is 6.15. The van der Waals surface area contributed by atoms with Gasteiger partial charge in [0.1, 0.15) is 6.33 Å². The van der Waals surface area contributed by atoms with Gasteiger partial charge in [-0.05, 0) is 30.9 Å². The van der Waals surface area contributed by atoms with Crippen LogP contribution in [0.15, 0.2) is 30.6 Å². The fourth-order valence-electron chi connectivity index (χ4n) is 3.01. The number of aromatic nitrogens is 2. The van der Waals surface area contributed by atoms with Crippen LogP contribution in [-0.4, -0.2) is 28.5 Å². The van der Waals surface area contributed by atoms with Gasteiger partial charge in [-0.3, -0.25) is 4.79 Å². The average Bonchev–Trinajstić information content (AvgIpc) is 2.55. The number of carbonyl (C=O) groups excluding carboxylic acids is 1. The van der Waals surface area contributed by atoms with Crippen molar-refractivity contribution in [3.63, 3.8) is 0 Å². The van der Waals surface area contributed by atoms with E-state index >= 15 is 0 Å². The van der Waals surface area contributed by atoms with Crippen LogP contribution in [0.1, 0.15) is 32.6 Å². The summed E-state index contributed by atoms with van der Waals surface area (Å²) in [5.74, 6) is 0.913. The molecule has 22 heavy (non-hydrogen) atoms. The predicted molar refractivity (Wildman–Crippen MR) is 84.6 cm³/mol. The molecule has 0 spiro atoms. The van der Waals surface area contributed by atoms with Crippen molar-refractivity contribution in [1.82, 2.24) is 15.3 Å². The van der Waals surface area contributed by atoms with E-state index in [4.69, 9.17) is 4.74 Å². The fraction of sp³-hybridized carbons (Fsp3) is 0.471. The fourth-order valence-corrected chi connectivity index (χ4v) is 3.01. The molecule has 1 aromatic carbocycles. The number of nitrogens with one attached hydrogen (secondary N) is 1. The molecule has 2 aromatic rings. The zero-order valence-electron chi connectivity index (χ0n) is 12.8. The monoisotopic (exact) mass is 299 g/mol. The molecule has 0 aliphatic heterocycles. The third-order valence-corrected chi connectivity index (χ3v) is 4.30. The van der Waals surface area contributed by atoms with Crippen LogP contribution in [0.5, 0.6) is 5.88 Å². The van der Waals surface area contributed by atoms with Crippen LogP contribution in [-0.2, 0) is 4.79 Å². The molecular weight excluding hydrogens is 278 g/mol. The Labute approximate surface area is 130 Å². The van der Waals surface area contributed by atoms with Gasteiger partial charge in [0.05, 0.1) is 10.9 Å². The Morgan fingerprint density at radius 3 is 2.95 bits per heavy atom. The van der Waals surface area contributed by atoms with Crippen molar-refractivity contribution < 1.29 is 9.53 Å². The lowest BCUT2D eigenvalue weighted by molar-refractivity contribution is -0.124. The number of rotatable bonds is 4. The molecule has 0 saturated heterocycles. The van der Waals surface area contributed by atoms with Gasteiger partial charge >= 0.3 is 0 Å². The maximum absolute atomic E-state index is 12.1. The van der Waals surface area contributed by atoms with E-state index in [1.165, 1.54) is 25.6 Å². The van der Waals surface area contributed by atoms with Gasteiger partial charge in [-0.2, -0.15) is 0 Å². The zero-order valence-corrected chi connectivity index (χ0v) is 12.8. The largest absolute Gasteiger partial charge is 0.467 e. The van der Waals surface area contributed by atoms with Gasteiger partial charge in [0.15, 0.2) is 6.61 Å². The molecule has 1 fully saturated rings. The van der Waals surface area contributed by atoms with Crippen molar-refractivity contribution in [2.75, 3.05) is 6.61 Å². The molecular formula is C17H21N3O2. The smallest absolute Gasteiger partial charge is 0.258 e. The normalized spacial score (nSPS) is 21.5. The van der Waals surface area contributed by atoms with E-state index in [9.17, 15) is 4.79 Å². The summed E-state index contributed by atoms with van der Waals surface area (Å²) in [7, 11) is 0. The highest BCUT2D eigenvalue weighted by atomic mass is 16.5. The Hall–Kier alpha value is -2.17. The van der Waals surface area contributed by atoms with Crippen LogP contribution in [0, 0.1) is 5.92 Å². The standard InChI is InChI=1S/C17H21N3O2/c1-12-6-2-4-8-14(12)20-16(21)10-22-17-13-7-3-5-9-15(13)18-11-19-17/h3,5,7,9,11-12,14H,2,4,6,8,10H2,1H3,(H,20,21)/t12-,14+/m0/s1. The third kappa shape index (κ3) is 3.35. The predicted octanol–water partition coefficient (Wildman–Crippen LogP) is 2.70. The Bertz CT molecular complexity index is 654. The first-order chi connectivity index (χ1) is 10.7. The number of hydrogen-bond donors (Lipinski definition) is 1. The van der Waals surface area contributed by atoms with Gasteiger partial charge in [0, 0.05) is 6.04 Å². The van der Waals surface area contributed by atoms with Crippen LogP contribution >= 0.6 is 0 Å². The van der Waals surface area contributed by atoms with E-state index in [0.717, 1.165) is 17.3 Å². The van der Waals surface area contributed by atoms with E-state index in [1.807, 2.05) is 24.3 Å². The van der Waals surface area contributed by atoms with Crippen molar-refractivity contribution in [2.45, 2.75) is 38.6 Å². The average molecular weight is 299 g/mol. The van der Waals surface area contributed by atoms with Crippen molar-refractivity contribution in [2.24, 2.45) is 5.92 Å². The molecule has 1 aliphatic carbocycles. The first kappa shape index (κ1) is 14.8. The van der Waals surface area contributed by atoms with Gasteiger partial charge in [0.25, 0.3) is 5.91 Å². The number of amides is 1. The second-order valence-corrected chi connectivity index (χ2v) is 5.92. The van der Waals surface area contributed by atoms with Crippen LogP contribution in [0.2, 0.25) is 0 Å². The molecule has 0 bridgehead atoms. The van der Waals surface area contributed by atoms with Gasteiger partial charge in [-0.1, -0.05) is 31.9 Å². The number of hydrogen-bond acceptors (Lipinski definition) is 4. The summed E-state index contributed by atoms with van der Waals surface area (Å²) < 4.78 is 5.59. The SMILES string of the molecule is C[C@H]1CCCC[C@H]1NC(=O)COc1ncnc2ccccc12. The first-order valence-corrected chi connectivity index (χ1v) is 7.86. The quantitative estimate of drug-likeness (QED) is 0.942. The molecule has 1 aliphatic rings. The Morgan fingerprint density at radius 1 is 1.27 bits per heavy atom. The highest BCUT2D eigenvalue weighted by molar-refractivity contribution is 5.84. The molecule has 5 nitrogen and oxygen atoms in total. The number of benzene rings is 1. The third-order valence-electron chi connectivity index (χ3n) is 4.30. The molecule has 0 radical (unpaired) electrons. The molecule has 0 unspecified atom stereocenters. The summed E-state index contributed by atoms with van der Waals surface area (Å²) in [4.78, 5) is 20.4. The van der Waals surface area contributed by atoms with E-state index < -0.39 is 0 Å².